The van der Waals surface area contributed by atoms with Gasteiger partial charge in [-0.25, -0.2) is 4.68 Å². The maximum atomic E-state index is 5.05. The van der Waals surface area contributed by atoms with Crippen LogP contribution in [-0.4, -0.2) is 38.7 Å². The maximum absolute atomic E-state index is 5.05. The van der Waals surface area contributed by atoms with Crippen LogP contribution in [0, 0.1) is 0 Å². The van der Waals surface area contributed by atoms with Crippen LogP contribution < -0.4 is 0 Å². The van der Waals surface area contributed by atoms with Crippen molar-refractivity contribution in [2.24, 2.45) is 7.05 Å². The van der Waals surface area contributed by atoms with E-state index in [0.29, 0.717) is 6.10 Å². The number of epoxide rings is 1. The third-order valence-corrected chi connectivity index (χ3v) is 2.52. The number of aromatic nitrogens is 4. The Balaban J connectivity index is 1.89. The molecular weight excluding hydrogens is 164 g/mol. The molecule has 0 bridgehead atoms. The van der Waals surface area contributed by atoms with E-state index in [-0.39, 0.29) is 0 Å². The summed E-state index contributed by atoms with van der Waals surface area (Å²) in [6.07, 6.45) is 0.427. The second-order valence-electron chi connectivity index (χ2n) is 2.35. The number of tetrazole rings is 1. The van der Waals surface area contributed by atoms with Gasteiger partial charge in [0.2, 0.25) is 5.16 Å². The predicted molar refractivity (Wildman–Crippen MR) is 39.3 cm³/mol. The molecule has 2 heterocycles. The Hall–Kier alpha value is -0.620. The molecule has 2 rings (SSSR count). The van der Waals surface area contributed by atoms with Crippen LogP contribution in [0.1, 0.15) is 0 Å². The van der Waals surface area contributed by atoms with E-state index in [0.717, 1.165) is 17.5 Å². The van der Waals surface area contributed by atoms with Gasteiger partial charge in [-0.3, -0.25) is 0 Å². The van der Waals surface area contributed by atoms with Crippen LogP contribution in [0.2, 0.25) is 0 Å². The van der Waals surface area contributed by atoms with Gasteiger partial charge in [0.25, 0.3) is 0 Å². The summed E-state index contributed by atoms with van der Waals surface area (Å²) in [7, 11) is 1.83. The zero-order valence-electron chi connectivity index (χ0n) is 6.10. The molecule has 1 atom stereocenters. The number of aryl methyl sites for hydroxylation is 1. The quantitative estimate of drug-likeness (QED) is 0.463. The van der Waals surface area contributed by atoms with Gasteiger partial charge in [-0.15, -0.1) is 5.10 Å². The molecule has 6 heteroatoms. The highest BCUT2D eigenvalue weighted by Crippen LogP contribution is 2.20. The fourth-order valence-corrected chi connectivity index (χ4v) is 1.52. The summed E-state index contributed by atoms with van der Waals surface area (Å²) in [5.41, 5.74) is 0. The maximum Gasteiger partial charge on any atom is 0.209 e. The molecular formula is C5H8N4OS. The largest absolute Gasteiger partial charge is 0.372 e. The van der Waals surface area contributed by atoms with Crippen LogP contribution in [0.25, 0.3) is 0 Å². The molecule has 1 saturated heterocycles. The average Bonchev–Trinajstić information content (AvgIpc) is 2.73. The number of nitrogens with zero attached hydrogens (tertiary/aromatic N) is 4. The van der Waals surface area contributed by atoms with Crippen LogP contribution in [0.3, 0.4) is 0 Å². The van der Waals surface area contributed by atoms with E-state index in [9.17, 15) is 0 Å². The van der Waals surface area contributed by atoms with Gasteiger partial charge in [0.1, 0.15) is 0 Å². The molecule has 0 unspecified atom stereocenters. The first-order valence-electron chi connectivity index (χ1n) is 3.33. The van der Waals surface area contributed by atoms with Crippen LogP contribution in [0.15, 0.2) is 5.16 Å². The molecule has 0 aromatic carbocycles. The molecule has 0 aliphatic carbocycles. The van der Waals surface area contributed by atoms with Gasteiger partial charge in [-0.2, -0.15) is 0 Å². The van der Waals surface area contributed by atoms with Crippen molar-refractivity contribution >= 4 is 11.8 Å². The highest BCUT2D eigenvalue weighted by molar-refractivity contribution is 7.99. The summed E-state index contributed by atoms with van der Waals surface area (Å²) in [6, 6.07) is 0. The van der Waals surface area contributed by atoms with Crippen molar-refractivity contribution < 1.29 is 4.74 Å². The average molecular weight is 172 g/mol. The van der Waals surface area contributed by atoms with Crippen molar-refractivity contribution in [1.82, 2.24) is 20.2 Å². The minimum Gasteiger partial charge on any atom is -0.372 e. The molecule has 0 N–H and O–H groups in total. The summed E-state index contributed by atoms with van der Waals surface area (Å²) in [6.45, 7) is 0.887. The Morgan fingerprint density at radius 2 is 2.64 bits per heavy atom. The first-order chi connectivity index (χ1) is 5.36. The van der Waals surface area contributed by atoms with Crippen molar-refractivity contribution in [3.05, 3.63) is 0 Å². The number of hydrogen-bond donors (Lipinski definition) is 0. The first-order valence-corrected chi connectivity index (χ1v) is 4.31. The Bertz CT molecular complexity index is 246. The monoisotopic (exact) mass is 172 g/mol. The highest BCUT2D eigenvalue weighted by atomic mass is 32.2. The lowest BCUT2D eigenvalue weighted by Crippen LogP contribution is -1.96. The minimum absolute atomic E-state index is 0.427. The summed E-state index contributed by atoms with van der Waals surface area (Å²) in [5.74, 6) is 0.953. The van der Waals surface area contributed by atoms with Gasteiger partial charge in [0, 0.05) is 12.8 Å². The van der Waals surface area contributed by atoms with E-state index in [1.54, 1.807) is 16.4 Å². The number of ether oxygens (including phenoxy) is 1. The van der Waals surface area contributed by atoms with Crippen molar-refractivity contribution in [3.63, 3.8) is 0 Å². The van der Waals surface area contributed by atoms with Crippen LogP contribution in [-0.2, 0) is 11.8 Å². The Morgan fingerprint density at radius 1 is 1.82 bits per heavy atom. The zero-order chi connectivity index (χ0) is 7.68. The van der Waals surface area contributed by atoms with Gasteiger partial charge in [-0.1, -0.05) is 11.8 Å². The second kappa shape index (κ2) is 2.78. The van der Waals surface area contributed by atoms with Gasteiger partial charge in [0.05, 0.1) is 12.7 Å². The lowest BCUT2D eigenvalue weighted by molar-refractivity contribution is 0.426. The Kier molecular flexibility index (Phi) is 1.79. The molecule has 1 fully saturated rings. The third kappa shape index (κ3) is 1.69. The normalized spacial score (nSPS) is 22.1. The highest BCUT2D eigenvalue weighted by Gasteiger charge is 2.23. The molecule has 1 aliphatic heterocycles. The fourth-order valence-electron chi connectivity index (χ4n) is 0.675. The lowest BCUT2D eigenvalue weighted by atomic mass is 10.6. The number of thioether (sulfide) groups is 1. The van der Waals surface area contributed by atoms with E-state index in [2.05, 4.69) is 15.5 Å². The van der Waals surface area contributed by atoms with Gasteiger partial charge in [-0.05, 0) is 10.4 Å². The predicted octanol–water partition coefficient (Wildman–Crippen LogP) is -0.299. The SMILES string of the molecule is Cn1nnnc1SC[C@@H]1CO1. The summed E-state index contributed by atoms with van der Waals surface area (Å²) in [5, 5.41) is 11.9. The molecule has 1 aromatic heterocycles. The van der Waals surface area contributed by atoms with Gasteiger partial charge < -0.3 is 4.74 Å². The van der Waals surface area contributed by atoms with Crippen molar-refractivity contribution in [2.45, 2.75) is 11.3 Å². The minimum atomic E-state index is 0.427. The third-order valence-electron chi connectivity index (χ3n) is 1.38. The van der Waals surface area contributed by atoms with Crippen LogP contribution in [0.5, 0.6) is 0 Å². The standard InChI is InChI=1S/C5H8N4OS/c1-9-5(6-7-8-9)11-3-4-2-10-4/h4H,2-3H2,1H3/t4-/m0/s1. The molecule has 5 nitrogen and oxygen atoms in total. The topological polar surface area (TPSA) is 56.1 Å². The summed E-state index contributed by atoms with van der Waals surface area (Å²) >= 11 is 1.63. The summed E-state index contributed by atoms with van der Waals surface area (Å²) < 4.78 is 6.71. The van der Waals surface area contributed by atoms with E-state index >= 15 is 0 Å². The molecule has 1 aliphatic rings. The molecule has 11 heavy (non-hydrogen) atoms. The lowest BCUT2D eigenvalue weighted by Gasteiger charge is -1.93. The van der Waals surface area contributed by atoms with Crippen molar-refractivity contribution in [2.75, 3.05) is 12.4 Å². The smallest absolute Gasteiger partial charge is 0.209 e. The molecule has 0 amide bonds. The Morgan fingerprint density at radius 3 is 3.18 bits per heavy atom. The summed E-state index contributed by atoms with van der Waals surface area (Å²) in [4.78, 5) is 0. The molecule has 0 radical (unpaired) electrons. The molecule has 60 valence electrons. The second-order valence-corrected chi connectivity index (χ2v) is 3.34. The van der Waals surface area contributed by atoms with E-state index in [1.807, 2.05) is 7.05 Å². The molecule has 1 aromatic rings. The molecule has 0 saturated carbocycles. The zero-order valence-corrected chi connectivity index (χ0v) is 6.91. The fraction of sp³-hybridized carbons (Fsp3) is 0.800. The van der Waals surface area contributed by atoms with Crippen molar-refractivity contribution in [1.29, 1.82) is 0 Å². The molecule has 0 spiro atoms. The van der Waals surface area contributed by atoms with Crippen LogP contribution in [0.4, 0.5) is 0 Å². The number of hydrogen-bond acceptors (Lipinski definition) is 5. The van der Waals surface area contributed by atoms with E-state index in [1.165, 1.54) is 0 Å². The van der Waals surface area contributed by atoms with Crippen LogP contribution >= 0.6 is 11.8 Å². The van der Waals surface area contributed by atoms with E-state index in [4.69, 9.17) is 4.74 Å². The van der Waals surface area contributed by atoms with Gasteiger partial charge >= 0.3 is 0 Å². The van der Waals surface area contributed by atoms with Crippen molar-refractivity contribution in [3.8, 4) is 0 Å². The Labute approximate surface area is 68.1 Å². The van der Waals surface area contributed by atoms with E-state index < -0.39 is 0 Å². The first kappa shape index (κ1) is 7.05. The number of rotatable bonds is 3. The van der Waals surface area contributed by atoms with Gasteiger partial charge in [0.15, 0.2) is 0 Å².